The van der Waals surface area contributed by atoms with Crippen LogP contribution in [0.2, 0.25) is 0 Å². The van der Waals surface area contributed by atoms with Crippen LogP contribution in [0.25, 0.3) is 10.8 Å². The topological polar surface area (TPSA) is 59.3 Å². The highest BCUT2D eigenvalue weighted by Crippen LogP contribution is 2.21. The molecule has 0 bridgehead atoms. The van der Waals surface area contributed by atoms with Crippen LogP contribution in [0.4, 0.5) is 0 Å². The summed E-state index contributed by atoms with van der Waals surface area (Å²) in [5.74, 6) is -0.297. The van der Waals surface area contributed by atoms with Gasteiger partial charge in [0.15, 0.2) is 6.29 Å². The first-order valence-corrected chi connectivity index (χ1v) is 4.42. The van der Waals surface area contributed by atoms with Gasteiger partial charge < -0.3 is 5.11 Å². The molecule has 0 atom stereocenters. The van der Waals surface area contributed by atoms with Crippen LogP contribution in [0.15, 0.2) is 29.1 Å². The van der Waals surface area contributed by atoms with Gasteiger partial charge in [-0.2, -0.15) is 0 Å². The molecule has 1 heterocycles. The first-order chi connectivity index (χ1) is 7.16. The van der Waals surface area contributed by atoms with Gasteiger partial charge in [0, 0.05) is 17.8 Å². The van der Waals surface area contributed by atoms with Gasteiger partial charge in [0.1, 0.15) is 0 Å². The number of hydrogen-bond donors (Lipinski definition) is 1. The number of aromatic nitrogens is 1. The third-order valence-electron chi connectivity index (χ3n) is 2.43. The van der Waals surface area contributed by atoms with Crippen molar-refractivity contribution >= 4 is 17.1 Å². The molecular weight excluding hydrogens is 194 g/mol. The van der Waals surface area contributed by atoms with E-state index in [9.17, 15) is 14.7 Å². The highest BCUT2D eigenvalue weighted by Gasteiger charge is 2.12. The highest BCUT2D eigenvalue weighted by molar-refractivity contribution is 5.99. The second-order valence-corrected chi connectivity index (χ2v) is 3.26. The number of aldehydes is 1. The van der Waals surface area contributed by atoms with Gasteiger partial charge in [-0.05, 0) is 6.07 Å². The maximum atomic E-state index is 11.7. The van der Waals surface area contributed by atoms with Gasteiger partial charge in [-0.25, -0.2) is 0 Å². The number of carbonyl (C=O) groups excluding carboxylic acids is 1. The molecule has 0 spiro atoms. The van der Waals surface area contributed by atoms with Crippen LogP contribution in [0.3, 0.4) is 0 Å². The van der Waals surface area contributed by atoms with E-state index in [4.69, 9.17) is 0 Å². The summed E-state index contributed by atoms with van der Waals surface area (Å²) in [5.41, 5.74) is -0.165. The van der Waals surface area contributed by atoms with Gasteiger partial charge in [0.2, 0.25) is 5.88 Å². The number of carbonyl (C=O) groups is 1. The van der Waals surface area contributed by atoms with E-state index < -0.39 is 0 Å². The first-order valence-electron chi connectivity index (χ1n) is 4.42. The lowest BCUT2D eigenvalue weighted by Gasteiger charge is -2.07. The summed E-state index contributed by atoms with van der Waals surface area (Å²) in [7, 11) is 1.43. The van der Waals surface area contributed by atoms with E-state index in [1.807, 2.05) is 0 Å². The Balaban J connectivity index is 3.11. The van der Waals surface area contributed by atoms with E-state index in [0.29, 0.717) is 17.1 Å². The monoisotopic (exact) mass is 203 g/mol. The molecule has 0 radical (unpaired) electrons. The SMILES string of the molecule is Cn1c(O)c(C=O)c2ccccc2c1=O. The van der Waals surface area contributed by atoms with Crippen molar-refractivity contribution in [3.05, 3.63) is 40.2 Å². The van der Waals surface area contributed by atoms with Gasteiger partial charge in [-0.15, -0.1) is 0 Å². The zero-order valence-corrected chi connectivity index (χ0v) is 8.10. The van der Waals surface area contributed by atoms with E-state index in [1.165, 1.54) is 7.05 Å². The second-order valence-electron chi connectivity index (χ2n) is 3.26. The Bertz CT molecular complexity index is 599. The number of pyridine rings is 1. The molecule has 2 rings (SSSR count). The third kappa shape index (κ3) is 1.22. The van der Waals surface area contributed by atoms with Crippen molar-refractivity contribution in [3.8, 4) is 5.88 Å². The smallest absolute Gasteiger partial charge is 0.260 e. The van der Waals surface area contributed by atoms with E-state index >= 15 is 0 Å². The molecule has 0 fully saturated rings. The second kappa shape index (κ2) is 3.24. The normalized spacial score (nSPS) is 10.5. The number of aromatic hydroxyl groups is 1. The summed E-state index contributed by atoms with van der Waals surface area (Å²) in [4.78, 5) is 22.5. The van der Waals surface area contributed by atoms with Crippen molar-refractivity contribution in [2.24, 2.45) is 7.05 Å². The van der Waals surface area contributed by atoms with Gasteiger partial charge in [-0.1, -0.05) is 18.2 Å². The van der Waals surface area contributed by atoms with Crippen molar-refractivity contribution in [1.82, 2.24) is 4.57 Å². The highest BCUT2D eigenvalue weighted by atomic mass is 16.3. The fraction of sp³-hybridized carbons (Fsp3) is 0.0909. The minimum atomic E-state index is -0.311. The first kappa shape index (κ1) is 9.45. The Hall–Kier alpha value is -2.10. The Kier molecular flexibility index (Phi) is 2.04. The molecule has 0 amide bonds. The standard InChI is InChI=1S/C11H9NO3/c1-12-10(14)8-5-3-2-4-7(8)9(6-13)11(12)15/h2-6,15H,1H3. The number of rotatable bonds is 1. The summed E-state index contributed by atoms with van der Waals surface area (Å²) < 4.78 is 1.06. The van der Waals surface area contributed by atoms with E-state index in [2.05, 4.69) is 0 Å². The molecule has 0 saturated carbocycles. The molecule has 1 aromatic heterocycles. The van der Waals surface area contributed by atoms with Crippen molar-refractivity contribution in [2.45, 2.75) is 0 Å². The zero-order chi connectivity index (χ0) is 11.0. The van der Waals surface area contributed by atoms with Crippen LogP contribution in [0, 0.1) is 0 Å². The summed E-state index contributed by atoms with van der Waals surface area (Å²) in [6.07, 6.45) is 0.553. The van der Waals surface area contributed by atoms with Gasteiger partial charge >= 0.3 is 0 Å². The molecule has 4 nitrogen and oxygen atoms in total. The maximum absolute atomic E-state index is 11.7. The van der Waals surface area contributed by atoms with Crippen molar-refractivity contribution in [2.75, 3.05) is 0 Å². The quantitative estimate of drug-likeness (QED) is 0.705. The lowest BCUT2D eigenvalue weighted by atomic mass is 10.1. The molecule has 4 heteroatoms. The number of hydrogen-bond acceptors (Lipinski definition) is 3. The van der Waals surface area contributed by atoms with E-state index in [-0.39, 0.29) is 17.0 Å². The molecule has 15 heavy (non-hydrogen) atoms. The molecule has 76 valence electrons. The van der Waals surface area contributed by atoms with Crippen LogP contribution in [0.1, 0.15) is 10.4 Å². The maximum Gasteiger partial charge on any atom is 0.260 e. The summed E-state index contributed by atoms with van der Waals surface area (Å²) in [5, 5.41) is 10.5. The van der Waals surface area contributed by atoms with Crippen LogP contribution in [0.5, 0.6) is 5.88 Å². The Morgan fingerprint density at radius 2 is 1.87 bits per heavy atom. The average Bonchev–Trinajstić information content (AvgIpc) is 2.27. The fourth-order valence-electron chi connectivity index (χ4n) is 1.60. The predicted molar refractivity (Wildman–Crippen MR) is 56.2 cm³/mol. The van der Waals surface area contributed by atoms with Crippen molar-refractivity contribution in [3.63, 3.8) is 0 Å². The van der Waals surface area contributed by atoms with Gasteiger partial charge in [0.25, 0.3) is 5.56 Å². The minimum absolute atomic E-state index is 0.146. The van der Waals surface area contributed by atoms with Gasteiger partial charge in [0.05, 0.1) is 5.56 Å². The van der Waals surface area contributed by atoms with Crippen LogP contribution in [-0.2, 0) is 7.05 Å². The summed E-state index contributed by atoms with van der Waals surface area (Å²) in [6.45, 7) is 0. The van der Waals surface area contributed by atoms with E-state index in [1.54, 1.807) is 24.3 Å². The zero-order valence-electron chi connectivity index (χ0n) is 8.10. The van der Waals surface area contributed by atoms with Crippen molar-refractivity contribution < 1.29 is 9.90 Å². The summed E-state index contributed by atoms with van der Waals surface area (Å²) >= 11 is 0. The largest absolute Gasteiger partial charge is 0.494 e. The molecule has 1 aromatic carbocycles. The number of nitrogens with zero attached hydrogens (tertiary/aromatic N) is 1. The summed E-state index contributed by atoms with van der Waals surface area (Å²) in [6, 6.07) is 6.70. The van der Waals surface area contributed by atoms with Crippen LogP contribution < -0.4 is 5.56 Å². The molecule has 0 saturated heterocycles. The number of fused-ring (bicyclic) bond motifs is 1. The Morgan fingerprint density at radius 1 is 1.27 bits per heavy atom. The molecule has 1 N–H and O–H groups in total. The minimum Gasteiger partial charge on any atom is -0.494 e. The van der Waals surface area contributed by atoms with Gasteiger partial charge in [-0.3, -0.25) is 14.2 Å². The fourth-order valence-corrected chi connectivity index (χ4v) is 1.60. The molecule has 0 aliphatic rings. The van der Waals surface area contributed by atoms with Crippen molar-refractivity contribution in [1.29, 1.82) is 0 Å². The Labute approximate surface area is 85.4 Å². The van der Waals surface area contributed by atoms with E-state index in [0.717, 1.165) is 4.57 Å². The molecule has 0 aliphatic carbocycles. The lowest BCUT2D eigenvalue weighted by molar-refractivity contribution is 0.112. The molecule has 0 aliphatic heterocycles. The third-order valence-corrected chi connectivity index (χ3v) is 2.43. The molecular formula is C11H9NO3. The predicted octanol–water partition coefficient (Wildman–Crippen LogP) is 1.06. The van der Waals surface area contributed by atoms with Crippen LogP contribution >= 0.6 is 0 Å². The lowest BCUT2D eigenvalue weighted by Crippen LogP contribution is -2.18. The Morgan fingerprint density at radius 3 is 2.47 bits per heavy atom. The molecule has 0 unspecified atom stereocenters. The molecule has 2 aromatic rings. The van der Waals surface area contributed by atoms with Crippen LogP contribution in [-0.4, -0.2) is 16.0 Å². The number of benzene rings is 1. The average molecular weight is 203 g/mol.